The molecule has 1 aliphatic rings. The Balaban J connectivity index is 2.04. The van der Waals surface area contributed by atoms with Gasteiger partial charge >= 0.3 is 5.97 Å². The monoisotopic (exact) mass is 362 g/mol. The lowest BCUT2D eigenvalue weighted by atomic mass is 10.1. The minimum absolute atomic E-state index is 0.0118. The van der Waals surface area contributed by atoms with E-state index in [4.69, 9.17) is 0 Å². The molecule has 1 unspecified atom stereocenters. The van der Waals surface area contributed by atoms with Gasteiger partial charge in [-0.15, -0.1) is 0 Å². The second-order valence-corrected chi connectivity index (χ2v) is 6.54. The van der Waals surface area contributed by atoms with Crippen LogP contribution >= 0.6 is 0 Å². The Morgan fingerprint density at radius 1 is 1.38 bits per heavy atom. The highest BCUT2D eigenvalue weighted by Gasteiger charge is 2.19. The highest BCUT2D eigenvalue weighted by Crippen LogP contribution is 2.27. The summed E-state index contributed by atoms with van der Waals surface area (Å²) in [4.78, 5) is 26.8. The van der Waals surface area contributed by atoms with E-state index in [0.717, 1.165) is 32.7 Å². The van der Waals surface area contributed by atoms with E-state index in [1.165, 1.54) is 25.3 Å². The lowest BCUT2D eigenvalue weighted by molar-refractivity contribution is -0.384. The number of hydrogen-bond donors (Lipinski definition) is 1. The van der Waals surface area contributed by atoms with Crippen LogP contribution in [0.1, 0.15) is 12.5 Å². The number of benzene rings is 1. The molecule has 1 aliphatic heterocycles. The number of rotatable bonds is 7. The Morgan fingerprint density at radius 2 is 2.08 bits per heavy atom. The molecule has 0 saturated carbocycles. The summed E-state index contributed by atoms with van der Waals surface area (Å²) in [6, 6.07) is 4.94. The van der Waals surface area contributed by atoms with Gasteiger partial charge in [0.25, 0.3) is 5.69 Å². The van der Waals surface area contributed by atoms with Gasteiger partial charge in [0.05, 0.1) is 12.0 Å². The first kappa shape index (κ1) is 19.9. The van der Waals surface area contributed by atoms with Gasteiger partial charge in [-0.25, -0.2) is 4.79 Å². The molecule has 1 heterocycles. The van der Waals surface area contributed by atoms with Crippen molar-refractivity contribution < 1.29 is 14.5 Å². The maximum Gasteiger partial charge on any atom is 0.330 e. The Labute approximate surface area is 153 Å². The van der Waals surface area contributed by atoms with E-state index >= 15 is 0 Å². The number of carbonyl (C=O) groups is 1. The van der Waals surface area contributed by atoms with Crippen LogP contribution in [0.5, 0.6) is 0 Å². The van der Waals surface area contributed by atoms with Gasteiger partial charge in [0, 0.05) is 50.9 Å². The highest BCUT2D eigenvalue weighted by atomic mass is 16.6. The largest absolute Gasteiger partial charge is 0.466 e. The molecule has 0 aliphatic carbocycles. The van der Waals surface area contributed by atoms with Crippen molar-refractivity contribution in [2.75, 3.05) is 52.2 Å². The average Bonchev–Trinajstić information content (AvgIpc) is 2.62. The zero-order valence-electron chi connectivity index (χ0n) is 15.5. The summed E-state index contributed by atoms with van der Waals surface area (Å²) >= 11 is 0. The Morgan fingerprint density at radius 3 is 2.69 bits per heavy atom. The summed E-state index contributed by atoms with van der Waals surface area (Å²) in [6.45, 7) is 6.92. The summed E-state index contributed by atoms with van der Waals surface area (Å²) in [5.74, 6) is -0.504. The van der Waals surface area contributed by atoms with Gasteiger partial charge in [0.15, 0.2) is 0 Å². The summed E-state index contributed by atoms with van der Waals surface area (Å²) in [7, 11) is 3.39. The molecule has 8 heteroatoms. The van der Waals surface area contributed by atoms with Gasteiger partial charge in [-0.2, -0.15) is 0 Å². The molecule has 0 bridgehead atoms. The van der Waals surface area contributed by atoms with Crippen LogP contribution < -0.4 is 5.32 Å². The minimum Gasteiger partial charge on any atom is -0.466 e. The van der Waals surface area contributed by atoms with Crippen LogP contribution in [0.2, 0.25) is 0 Å². The minimum atomic E-state index is -0.504. The van der Waals surface area contributed by atoms with E-state index < -0.39 is 10.9 Å². The number of methoxy groups -OCH3 is 1. The number of esters is 1. The lowest BCUT2D eigenvalue weighted by Gasteiger charge is -2.34. The molecule has 0 aromatic heterocycles. The summed E-state index contributed by atoms with van der Waals surface area (Å²) < 4.78 is 4.53. The average molecular weight is 362 g/mol. The molecule has 8 nitrogen and oxygen atoms in total. The van der Waals surface area contributed by atoms with E-state index in [1.54, 1.807) is 12.1 Å². The van der Waals surface area contributed by atoms with Crippen LogP contribution in [-0.4, -0.2) is 73.6 Å². The van der Waals surface area contributed by atoms with E-state index in [-0.39, 0.29) is 11.7 Å². The SMILES string of the molecule is COC(=O)/C=C/c1ccc(NC(C)CN2CCN(C)CC2)c([N+](=O)[O-])c1. The van der Waals surface area contributed by atoms with Gasteiger partial charge in [0.1, 0.15) is 5.69 Å². The number of nitro groups is 1. The standard InChI is InChI=1S/C18H26N4O4/c1-14(13-21-10-8-20(2)9-11-21)19-16-6-4-15(5-7-18(23)26-3)12-17(16)22(24)25/h4-7,12,14,19H,8-11,13H2,1-3H3/b7-5+. The molecule has 2 rings (SSSR count). The second-order valence-electron chi connectivity index (χ2n) is 6.54. The summed E-state index contributed by atoms with van der Waals surface area (Å²) in [5.41, 5.74) is 1.04. The van der Waals surface area contributed by atoms with E-state index in [0.29, 0.717) is 11.3 Å². The van der Waals surface area contributed by atoms with Crippen molar-refractivity contribution in [2.45, 2.75) is 13.0 Å². The smallest absolute Gasteiger partial charge is 0.330 e. The molecule has 0 spiro atoms. The molecule has 1 aromatic rings. The fraction of sp³-hybridized carbons (Fsp3) is 0.500. The zero-order chi connectivity index (χ0) is 19.1. The molecule has 1 saturated heterocycles. The highest BCUT2D eigenvalue weighted by molar-refractivity contribution is 5.87. The molecule has 1 N–H and O–H groups in total. The third-order valence-electron chi connectivity index (χ3n) is 4.36. The van der Waals surface area contributed by atoms with Crippen molar-refractivity contribution in [3.8, 4) is 0 Å². The van der Waals surface area contributed by atoms with E-state index in [1.807, 2.05) is 6.92 Å². The molecule has 0 amide bonds. The first-order valence-corrected chi connectivity index (χ1v) is 8.61. The second kappa shape index (κ2) is 9.30. The van der Waals surface area contributed by atoms with Crippen LogP contribution in [0.25, 0.3) is 6.08 Å². The molecular formula is C18H26N4O4. The molecule has 26 heavy (non-hydrogen) atoms. The first-order valence-electron chi connectivity index (χ1n) is 8.61. The van der Waals surface area contributed by atoms with Gasteiger partial charge in [0.2, 0.25) is 0 Å². The number of likely N-dealkylation sites (N-methyl/N-ethyl adjacent to an activating group) is 1. The quantitative estimate of drug-likeness (QED) is 0.343. The predicted molar refractivity (Wildman–Crippen MR) is 101 cm³/mol. The Kier molecular flexibility index (Phi) is 7.11. The number of nitro benzene ring substituents is 1. The van der Waals surface area contributed by atoms with Crippen molar-refractivity contribution in [1.29, 1.82) is 0 Å². The first-order chi connectivity index (χ1) is 12.4. The van der Waals surface area contributed by atoms with Crippen molar-refractivity contribution in [1.82, 2.24) is 9.80 Å². The number of nitrogens with one attached hydrogen (secondary N) is 1. The van der Waals surface area contributed by atoms with Crippen LogP contribution in [0.15, 0.2) is 24.3 Å². The number of ether oxygens (including phenoxy) is 1. The van der Waals surface area contributed by atoms with Gasteiger partial charge in [-0.1, -0.05) is 6.07 Å². The van der Waals surface area contributed by atoms with Gasteiger partial charge < -0.3 is 15.0 Å². The maximum atomic E-state index is 11.4. The normalized spacial score (nSPS) is 17.2. The molecule has 1 aromatic carbocycles. The molecule has 1 fully saturated rings. The van der Waals surface area contributed by atoms with Crippen molar-refractivity contribution in [2.24, 2.45) is 0 Å². The number of piperazine rings is 1. The fourth-order valence-electron chi connectivity index (χ4n) is 2.89. The Hall–Kier alpha value is -2.45. The summed E-state index contributed by atoms with van der Waals surface area (Å²) in [6.07, 6.45) is 2.73. The van der Waals surface area contributed by atoms with Crippen molar-refractivity contribution in [3.05, 3.63) is 40.0 Å². The van der Waals surface area contributed by atoms with E-state index in [2.05, 4.69) is 26.9 Å². The maximum absolute atomic E-state index is 11.4. The topological polar surface area (TPSA) is 88.0 Å². The van der Waals surface area contributed by atoms with E-state index in [9.17, 15) is 14.9 Å². The fourth-order valence-corrected chi connectivity index (χ4v) is 2.89. The number of nitrogens with zero attached hydrogens (tertiary/aromatic N) is 3. The van der Waals surface area contributed by atoms with Gasteiger partial charge in [-0.05, 0) is 31.7 Å². The van der Waals surface area contributed by atoms with Crippen molar-refractivity contribution in [3.63, 3.8) is 0 Å². The molecule has 1 atom stereocenters. The lowest BCUT2D eigenvalue weighted by Crippen LogP contribution is -2.47. The number of anilines is 1. The van der Waals surface area contributed by atoms with Crippen LogP contribution in [0.3, 0.4) is 0 Å². The zero-order valence-corrected chi connectivity index (χ0v) is 15.5. The summed E-state index contributed by atoms with van der Waals surface area (Å²) in [5, 5.41) is 14.7. The van der Waals surface area contributed by atoms with Crippen LogP contribution in [0.4, 0.5) is 11.4 Å². The molecule has 0 radical (unpaired) electrons. The number of carbonyl (C=O) groups excluding carboxylic acids is 1. The van der Waals surface area contributed by atoms with Crippen LogP contribution in [-0.2, 0) is 9.53 Å². The van der Waals surface area contributed by atoms with Crippen molar-refractivity contribution >= 4 is 23.4 Å². The third-order valence-corrected chi connectivity index (χ3v) is 4.36. The van der Waals surface area contributed by atoms with Gasteiger partial charge in [-0.3, -0.25) is 15.0 Å². The van der Waals surface area contributed by atoms with Crippen LogP contribution in [0, 0.1) is 10.1 Å². The number of hydrogen-bond acceptors (Lipinski definition) is 7. The third kappa shape index (κ3) is 5.82. The predicted octanol–water partition coefficient (Wildman–Crippen LogP) is 1.83. The molecule has 142 valence electrons. The Bertz CT molecular complexity index is 669. The molecular weight excluding hydrogens is 336 g/mol.